The maximum Gasteiger partial charge on any atom is 0.307 e. The number of unbranched alkanes of at least 4 members (excludes halogenated alkanes) is 3. The Morgan fingerprint density at radius 3 is 2.89 bits per heavy atom. The summed E-state index contributed by atoms with van der Waals surface area (Å²) in [6, 6.07) is 7.59. The molecule has 3 nitrogen and oxygen atoms in total. The molecule has 1 rings (SSSR count). The van der Waals surface area contributed by atoms with E-state index in [0.29, 0.717) is 0 Å². The van der Waals surface area contributed by atoms with Crippen LogP contribution >= 0.6 is 0 Å². The summed E-state index contributed by atoms with van der Waals surface area (Å²) in [5.74, 6) is -0.795. The number of aliphatic carboxylic acids is 1. The zero-order valence-corrected chi connectivity index (χ0v) is 10.7. The molecule has 0 atom stereocenters. The van der Waals surface area contributed by atoms with E-state index >= 15 is 0 Å². The molecule has 98 valence electrons. The quantitative estimate of drug-likeness (QED) is 0.519. The van der Waals surface area contributed by atoms with Crippen LogP contribution in [0.5, 0.6) is 0 Å². The molecule has 0 saturated heterocycles. The molecule has 2 N–H and O–H groups in total. The summed E-state index contributed by atoms with van der Waals surface area (Å²) in [4.78, 5) is 10.6. The van der Waals surface area contributed by atoms with E-state index in [1.807, 2.05) is 30.3 Å². The molecule has 0 fully saturated rings. The molecule has 0 spiro atoms. The van der Waals surface area contributed by atoms with Gasteiger partial charge in [0.2, 0.25) is 0 Å². The molecule has 1 aromatic rings. The lowest BCUT2D eigenvalue weighted by Crippen LogP contribution is -2.03. The maximum absolute atomic E-state index is 10.6. The van der Waals surface area contributed by atoms with Gasteiger partial charge >= 0.3 is 5.97 Å². The normalized spacial score (nSPS) is 10.0. The van der Waals surface area contributed by atoms with Gasteiger partial charge in [0.25, 0.3) is 0 Å². The lowest BCUT2D eigenvalue weighted by Gasteiger charge is -2.07. The van der Waals surface area contributed by atoms with E-state index in [9.17, 15) is 4.79 Å². The Labute approximate surface area is 109 Å². The van der Waals surface area contributed by atoms with Crippen LogP contribution in [0.1, 0.15) is 31.2 Å². The van der Waals surface area contributed by atoms with Crippen molar-refractivity contribution in [3.8, 4) is 0 Å². The molecule has 0 saturated carbocycles. The van der Waals surface area contributed by atoms with Crippen LogP contribution < -0.4 is 5.32 Å². The highest BCUT2D eigenvalue weighted by Gasteiger charge is 2.00. The minimum atomic E-state index is -0.795. The van der Waals surface area contributed by atoms with E-state index in [2.05, 4.69) is 11.9 Å². The highest BCUT2D eigenvalue weighted by molar-refractivity contribution is 5.70. The van der Waals surface area contributed by atoms with Gasteiger partial charge in [-0.3, -0.25) is 4.79 Å². The van der Waals surface area contributed by atoms with E-state index in [1.54, 1.807) is 0 Å². The topological polar surface area (TPSA) is 49.3 Å². The largest absolute Gasteiger partial charge is 0.481 e. The number of allylic oxidation sites excluding steroid dienone is 1. The van der Waals surface area contributed by atoms with Crippen LogP contribution in [0.4, 0.5) is 5.69 Å². The number of anilines is 1. The number of carboxylic acids is 1. The average Bonchev–Trinajstić information content (AvgIpc) is 2.33. The SMILES string of the molecule is C=CCCCCCNc1cccc(CC(=O)O)c1. The standard InChI is InChI=1S/C15H21NO2/c1-2-3-4-5-6-10-16-14-9-7-8-13(11-14)12-15(17)18/h2,7-9,11,16H,1,3-6,10,12H2,(H,17,18). The second-order valence-corrected chi connectivity index (χ2v) is 4.34. The van der Waals surface area contributed by atoms with E-state index < -0.39 is 5.97 Å². The van der Waals surface area contributed by atoms with Gasteiger partial charge in [0.05, 0.1) is 6.42 Å². The fraction of sp³-hybridized carbons (Fsp3) is 0.400. The molecule has 0 heterocycles. The van der Waals surface area contributed by atoms with Crippen LogP contribution in [0.3, 0.4) is 0 Å². The molecule has 18 heavy (non-hydrogen) atoms. The highest BCUT2D eigenvalue weighted by atomic mass is 16.4. The number of nitrogens with one attached hydrogen (secondary N) is 1. The number of hydrogen-bond donors (Lipinski definition) is 2. The van der Waals surface area contributed by atoms with Crippen molar-refractivity contribution in [1.82, 2.24) is 0 Å². The fourth-order valence-electron chi connectivity index (χ4n) is 1.79. The van der Waals surface area contributed by atoms with Crippen LogP contribution in [0.15, 0.2) is 36.9 Å². The van der Waals surface area contributed by atoms with Crippen molar-refractivity contribution >= 4 is 11.7 Å². The summed E-state index contributed by atoms with van der Waals surface area (Å²) in [5.41, 5.74) is 1.83. The van der Waals surface area contributed by atoms with Gasteiger partial charge in [0, 0.05) is 12.2 Å². The third kappa shape index (κ3) is 6.09. The Kier molecular flexibility index (Phi) is 6.62. The first-order valence-electron chi connectivity index (χ1n) is 6.38. The molecule has 0 aliphatic heterocycles. The monoisotopic (exact) mass is 247 g/mol. The number of benzene rings is 1. The molecule has 0 bridgehead atoms. The van der Waals surface area contributed by atoms with Crippen LogP contribution in [0.25, 0.3) is 0 Å². The third-order valence-corrected chi connectivity index (χ3v) is 2.70. The molecular formula is C15H21NO2. The average molecular weight is 247 g/mol. The summed E-state index contributed by atoms with van der Waals surface area (Å²) in [5, 5.41) is 12.0. The lowest BCUT2D eigenvalue weighted by atomic mass is 10.1. The third-order valence-electron chi connectivity index (χ3n) is 2.70. The predicted octanol–water partition coefficient (Wildman–Crippen LogP) is 3.47. The van der Waals surface area contributed by atoms with Crippen molar-refractivity contribution in [2.45, 2.75) is 32.1 Å². The molecular weight excluding hydrogens is 226 g/mol. The molecule has 0 unspecified atom stereocenters. The van der Waals surface area contributed by atoms with Gasteiger partial charge in [-0.1, -0.05) is 24.6 Å². The molecule has 3 heteroatoms. The van der Waals surface area contributed by atoms with Crippen molar-refractivity contribution in [3.63, 3.8) is 0 Å². The zero-order chi connectivity index (χ0) is 13.2. The first-order valence-corrected chi connectivity index (χ1v) is 6.38. The smallest absolute Gasteiger partial charge is 0.307 e. The maximum atomic E-state index is 10.6. The van der Waals surface area contributed by atoms with E-state index in [0.717, 1.165) is 30.6 Å². The van der Waals surface area contributed by atoms with Crippen molar-refractivity contribution in [3.05, 3.63) is 42.5 Å². The lowest BCUT2D eigenvalue weighted by molar-refractivity contribution is -0.136. The van der Waals surface area contributed by atoms with Gasteiger partial charge in [0.1, 0.15) is 0 Å². The van der Waals surface area contributed by atoms with Crippen molar-refractivity contribution < 1.29 is 9.90 Å². The Morgan fingerprint density at radius 1 is 1.33 bits per heavy atom. The van der Waals surface area contributed by atoms with E-state index in [-0.39, 0.29) is 6.42 Å². The number of carbonyl (C=O) groups is 1. The van der Waals surface area contributed by atoms with E-state index in [1.165, 1.54) is 12.8 Å². The van der Waals surface area contributed by atoms with E-state index in [4.69, 9.17) is 5.11 Å². The van der Waals surface area contributed by atoms with Crippen molar-refractivity contribution in [2.75, 3.05) is 11.9 Å². The van der Waals surface area contributed by atoms with Crippen LogP contribution in [0, 0.1) is 0 Å². The van der Waals surface area contributed by atoms with Gasteiger partial charge in [-0.15, -0.1) is 6.58 Å². The minimum Gasteiger partial charge on any atom is -0.481 e. The predicted molar refractivity (Wildman–Crippen MR) is 74.9 cm³/mol. The molecule has 0 aromatic heterocycles. The van der Waals surface area contributed by atoms with Gasteiger partial charge < -0.3 is 10.4 Å². The Hall–Kier alpha value is -1.77. The van der Waals surface area contributed by atoms with Crippen LogP contribution in [0.2, 0.25) is 0 Å². The molecule has 0 aliphatic carbocycles. The molecule has 1 aromatic carbocycles. The van der Waals surface area contributed by atoms with Crippen molar-refractivity contribution in [1.29, 1.82) is 0 Å². The zero-order valence-electron chi connectivity index (χ0n) is 10.7. The number of rotatable bonds is 9. The highest BCUT2D eigenvalue weighted by Crippen LogP contribution is 2.11. The summed E-state index contributed by atoms with van der Waals surface area (Å²) in [7, 11) is 0. The first-order chi connectivity index (χ1) is 8.72. The minimum absolute atomic E-state index is 0.0782. The summed E-state index contributed by atoms with van der Waals surface area (Å²) >= 11 is 0. The molecule has 0 radical (unpaired) electrons. The number of carboxylic acid groups (broad SMARTS) is 1. The Balaban J connectivity index is 2.29. The van der Waals surface area contributed by atoms with Crippen LogP contribution in [-0.4, -0.2) is 17.6 Å². The fourth-order valence-corrected chi connectivity index (χ4v) is 1.79. The van der Waals surface area contributed by atoms with Gasteiger partial charge in [-0.25, -0.2) is 0 Å². The second kappa shape index (κ2) is 8.34. The van der Waals surface area contributed by atoms with Crippen LogP contribution in [-0.2, 0) is 11.2 Å². The second-order valence-electron chi connectivity index (χ2n) is 4.34. The van der Waals surface area contributed by atoms with Gasteiger partial charge in [-0.05, 0) is 37.0 Å². The van der Waals surface area contributed by atoms with Crippen molar-refractivity contribution in [2.24, 2.45) is 0 Å². The van der Waals surface area contributed by atoms with Gasteiger partial charge in [0.15, 0.2) is 0 Å². The Bertz CT molecular complexity index is 388. The Morgan fingerprint density at radius 2 is 2.17 bits per heavy atom. The summed E-state index contributed by atoms with van der Waals surface area (Å²) in [6.45, 7) is 4.62. The molecule has 0 aliphatic rings. The molecule has 0 amide bonds. The van der Waals surface area contributed by atoms with Gasteiger partial charge in [-0.2, -0.15) is 0 Å². The number of hydrogen-bond acceptors (Lipinski definition) is 2. The first kappa shape index (κ1) is 14.3. The summed E-state index contributed by atoms with van der Waals surface area (Å²) in [6.07, 6.45) is 6.60. The summed E-state index contributed by atoms with van der Waals surface area (Å²) < 4.78 is 0.